The molecule has 0 saturated heterocycles. The Balaban J connectivity index is 1.99. The molecule has 168 valence electrons. The molecule has 8 heteroatoms. The summed E-state index contributed by atoms with van der Waals surface area (Å²) < 4.78 is 61.8. The van der Waals surface area contributed by atoms with E-state index in [0.717, 1.165) is 0 Å². The van der Waals surface area contributed by atoms with Gasteiger partial charge in [0.2, 0.25) is 11.6 Å². The van der Waals surface area contributed by atoms with Crippen molar-refractivity contribution in [3.8, 4) is 5.75 Å². The number of hydrogen-bond donors (Lipinski definition) is 1. The van der Waals surface area contributed by atoms with Gasteiger partial charge in [0.15, 0.2) is 17.4 Å². The molecule has 0 amide bonds. The van der Waals surface area contributed by atoms with Gasteiger partial charge in [-0.1, -0.05) is 54.6 Å². The number of carbonyl (C=O) groups excluding carboxylic acids is 1. The third kappa shape index (κ3) is 3.82. The van der Waals surface area contributed by atoms with Crippen LogP contribution in [0.3, 0.4) is 0 Å². The number of phenols is 1. The summed E-state index contributed by atoms with van der Waals surface area (Å²) >= 11 is 0. The van der Waals surface area contributed by atoms with Crippen LogP contribution in [0, 0.1) is 23.3 Å². The number of aromatic hydroxyl groups is 1. The van der Waals surface area contributed by atoms with E-state index in [9.17, 15) is 27.5 Å². The molecular weight excluding hydrogens is 456 g/mol. The minimum Gasteiger partial charge on any atom is -0.504 e. The standard InChI is InChI=1S/C25H16F4O3S/c26-20-19(24(30)23(29)22(28)21(20)27)25(31)32-33(16-10-4-1-5-11-16,17-12-6-2-7-13-17)18-14-8-3-9-15-18/h1-15,30H. The highest BCUT2D eigenvalue weighted by molar-refractivity contribution is 8.30. The Morgan fingerprint density at radius 2 is 0.970 bits per heavy atom. The van der Waals surface area contributed by atoms with Gasteiger partial charge in [-0.15, -0.1) is 0 Å². The van der Waals surface area contributed by atoms with Crippen LogP contribution in [-0.4, -0.2) is 11.1 Å². The van der Waals surface area contributed by atoms with Gasteiger partial charge in [0.25, 0.3) is 0 Å². The minimum absolute atomic E-state index is 0.527. The Morgan fingerprint density at radius 1 is 0.606 bits per heavy atom. The number of hydrogen-bond acceptors (Lipinski definition) is 3. The highest BCUT2D eigenvalue weighted by Crippen LogP contribution is 2.69. The van der Waals surface area contributed by atoms with Crippen molar-refractivity contribution >= 4 is 16.3 Å². The van der Waals surface area contributed by atoms with Crippen LogP contribution in [-0.2, 0) is 4.18 Å². The van der Waals surface area contributed by atoms with Gasteiger partial charge in [0.1, 0.15) is 5.56 Å². The van der Waals surface area contributed by atoms with E-state index in [1.807, 2.05) is 0 Å². The maximum atomic E-state index is 14.5. The molecular formula is C25H16F4O3S. The molecule has 0 unspecified atom stereocenters. The van der Waals surface area contributed by atoms with E-state index >= 15 is 0 Å². The van der Waals surface area contributed by atoms with Crippen molar-refractivity contribution in [1.82, 2.24) is 0 Å². The van der Waals surface area contributed by atoms with Crippen molar-refractivity contribution in [2.45, 2.75) is 14.7 Å². The van der Waals surface area contributed by atoms with Crippen molar-refractivity contribution in [3.05, 3.63) is 120 Å². The van der Waals surface area contributed by atoms with Crippen molar-refractivity contribution < 1.29 is 31.6 Å². The molecule has 33 heavy (non-hydrogen) atoms. The average molecular weight is 472 g/mol. The van der Waals surface area contributed by atoms with Gasteiger partial charge >= 0.3 is 5.97 Å². The second-order valence-electron chi connectivity index (χ2n) is 6.85. The number of phenolic OH excluding ortho intramolecular Hbond substituents is 1. The molecule has 0 aliphatic rings. The smallest absolute Gasteiger partial charge is 0.356 e. The van der Waals surface area contributed by atoms with Crippen LogP contribution in [0.2, 0.25) is 0 Å². The Hall–Kier alpha value is -3.78. The average Bonchev–Trinajstić information content (AvgIpc) is 2.86. The van der Waals surface area contributed by atoms with E-state index in [4.69, 9.17) is 4.18 Å². The van der Waals surface area contributed by atoms with Gasteiger partial charge in [0, 0.05) is 14.7 Å². The highest BCUT2D eigenvalue weighted by atomic mass is 32.3. The van der Waals surface area contributed by atoms with Gasteiger partial charge in [0.05, 0.1) is 0 Å². The summed E-state index contributed by atoms with van der Waals surface area (Å²) in [4.78, 5) is 14.8. The molecule has 3 nitrogen and oxygen atoms in total. The fraction of sp³-hybridized carbons (Fsp3) is 0. The van der Waals surface area contributed by atoms with E-state index in [1.54, 1.807) is 91.0 Å². The zero-order valence-electron chi connectivity index (χ0n) is 16.8. The van der Waals surface area contributed by atoms with Crippen LogP contribution in [0.4, 0.5) is 17.6 Å². The normalized spacial score (nSPS) is 11.8. The summed E-state index contributed by atoms with van der Waals surface area (Å²) in [5, 5.41) is 9.95. The first-order valence-electron chi connectivity index (χ1n) is 9.65. The lowest BCUT2D eigenvalue weighted by molar-refractivity contribution is 0.0746. The summed E-state index contributed by atoms with van der Waals surface area (Å²) in [7, 11) is -2.92. The predicted molar refractivity (Wildman–Crippen MR) is 115 cm³/mol. The van der Waals surface area contributed by atoms with E-state index in [2.05, 4.69) is 0 Å². The summed E-state index contributed by atoms with van der Waals surface area (Å²) in [6, 6.07) is 25.7. The zero-order chi connectivity index (χ0) is 23.6. The largest absolute Gasteiger partial charge is 0.504 e. The summed E-state index contributed by atoms with van der Waals surface area (Å²) in [6.07, 6.45) is 0. The molecule has 0 aliphatic heterocycles. The molecule has 0 heterocycles. The first-order chi connectivity index (χ1) is 15.9. The second kappa shape index (κ2) is 8.99. The Bertz CT molecular complexity index is 1170. The molecule has 0 fully saturated rings. The van der Waals surface area contributed by atoms with Gasteiger partial charge in [-0.3, -0.25) is 0 Å². The quantitative estimate of drug-likeness (QED) is 0.193. The van der Waals surface area contributed by atoms with E-state index in [0.29, 0.717) is 14.7 Å². The third-order valence-corrected chi connectivity index (χ3v) is 8.08. The molecule has 0 aromatic heterocycles. The van der Waals surface area contributed by atoms with Crippen LogP contribution in [0.5, 0.6) is 5.75 Å². The monoisotopic (exact) mass is 472 g/mol. The van der Waals surface area contributed by atoms with Crippen LogP contribution < -0.4 is 0 Å². The summed E-state index contributed by atoms with van der Waals surface area (Å²) in [6.45, 7) is 0. The van der Waals surface area contributed by atoms with E-state index < -0.39 is 50.9 Å². The Labute approximate surface area is 188 Å². The van der Waals surface area contributed by atoms with Crippen LogP contribution in [0.1, 0.15) is 10.4 Å². The number of rotatable bonds is 5. The fourth-order valence-electron chi connectivity index (χ4n) is 3.35. The van der Waals surface area contributed by atoms with Crippen LogP contribution in [0.15, 0.2) is 106 Å². The maximum absolute atomic E-state index is 14.5. The Kier molecular flexibility index (Phi) is 6.11. The van der Waals surface area contributed by atoms with Crippen LogP contribution >= 0.6 is 10.3 Å². The van der Waals surface area contributed by atoms with Crippen molar-refractivity contribution in [2.24, 2.45) is 0 Å². The molecule has 0 radical (unpaired) electrons. The molecule has 0 atom stereocenters. The molecule has 4 aromatic carbocycles. The molecule has 4 aromatic rings. The van der Waals surface area contributed by atoms with Gasteiger partial charge in [-0.25, -0.2) is 18.0 Å². The SMILES string of the molecule is O=C(OS(c1ccccc1)(c1ccccc1)c1ccccc1)c1c(O)c(F)c(F)c(F)c1F. The lowest BCUT2D eigenvalue weighted by Gasteiger charge is -2.39. The van der Waals surface area contributed by atoms with Crippen LogP contribution in [0.25, 0.3) is 0 Å². The van der Waals surface area contributed by atoms with Gasteiger partial charge < -0.3 is 9.29 Å². The molecule has 1 N–H and O–H groups in total. The summed E-state index contributed by atoms with van der Waals surface area (Å²) in [5.74, 6) is -11.8. The van der Waals surface area contributed by atoms with E-state index in [-0.39, 0.29) is 0 Å². The molecule has 0 saturated carbocycles. The third-order valence-electron chi connectivity index (χ3n) is 4.87. The van der Waals surface area contributed by atoms with Crippen molar-refractivity contribution in [2.75, 3.05) is 0 Å². The predicted octanol–water partition coefficient (Wildman–Crippen LogP) is 7.00. The summed E-state index contributed by atoms with van der Waals surface area (Å²) in [5.41, 5.74) is -1.42. The number of halogens is 4. The Morgan fingerprint density at radius 3 is 1.36 bits per heavy atom. The topological polar surface area (TPSA) is 46.5 Å². The second-order valence-corrected chi connectivity index (χ2v) is 9.54. The fourth-order valence-corrected chi connectivity index (χ4v) is 6.39. The van der Waals surface area contributed by atoms with Crippen molar-refractivity contribution in [1.29, 1.82) is 0 Å². The zero-order valence-corrected chi connectivity index (χ0v) is 17.7. The number of carbonyl (C=O) groups is 1. The first-order valence-corrected chi connectivity index (χ1v) is 11.2. The van der Waals surface area contributed by atoms with Gasteiger partial charge in [-0.2, -0.15) is 4.39 Å². The maximum Gasteiger partial charge on any atom is 0.356 e. The highest BCUT2D eigenvalue weighted by Gasteiger charge is 2.39. The van der Waals surface area contributed by atoms with Crippen molar-refractivity contribution in [3.63, 3.8) is 0 Å². The lowest BCUT2D eigenvalue weighted by Crippen LogP contribution is -2.17. The lowest BCUT2D eigenvalue weighted by atomic mass is 10.1. The molecule has 0 aliphatic carbocycles. The number of benzene rings is 4. The molecule has 4 rings (SSSR count). The first kappa shape index (κ1) is 22.4. The molecule has 0 bridgehead atoms. The molecule has 0 spiro atoms. The van der Waals surface area contributed by atoms with E-state index in [1.165, 1.54) is 0 Å². The minimum atomic E-state index is -2.92. The van der Waals surface area contributed by atoms with Gasteiger partial charge in [-0.05, 0) is 46.7 Å².